The fourth-order valence-electron chi connectivity index (χ4n) is 2.78. The number of benzene rings is 1. The minimum absolute atomic E-state index is 0.194. The van der Waals surface area contributed by atoms with E-state index >= 15 is 0 Å². The molecule has 3 aromatic heterocycles. The summed E-state index contributed by atoms with van der Waals surface area (Å²) in [6.45, 7) is 0.264. The van der Waals surface area contributed by atoms with Gasteiger partial charge in [0.05, 0.1) is 28.3 Å². The summed E-state index contributed by atoms with van der Waals surface area (Å²) in [6, 6.07) is 6.31. The standard InChI is InChI=1S/C20H15ClN6O3/c21-15-8-22-17(23-9-15)5-16-11-27-10-14(7-25-20(27)26-16)18(28)24-6-12-1-3-13(4-2-12)19(29)30/h1-4,7-11H,5-6H2,(H,24,28)(H,29,30). The average Bonchev–Trinajstić information content (AvgIpc) is 3.15. The highest BCUT2D eigenvalue weighted by molar-refractivity contribution is 6.30. The third-order valence-corrected chi connectivity index (χ3v) is 4.48. The maximum atomic E-state index is 12.5. The summed E-state index contributed by atoms with van der Waals surface area (Å²) >= 11 is 5.79. The van der Waals surface area contributed by atoms with Crippen LogP contribution in [0.3, 0.4) is 0 Å². The minimum Gasteiger partial charge on any atom is -0.478 e. The first-order chi connectivity index (χ1) is 14.5. The number of rotatable bonds is 6. The van der Waals surface area contributed by atoms with Gasteiger partial charge in [-0.25, -0.2) is 24.7 Å². The van der Waals surface area contributed by atoms with Gasteiger partial charge < -0.3 is 10.4 Å². The normalized spacial score (nSPS) is 10.8. The molecular formula is C20H15ClN6O3. The molecule has 0 saturated heterocycles. The molecule has 0 unspecified atom stereocenters. The van der Waals surface area contributed by atoms with Crippen LogP contribution in [0.5, 0.6) is 0 Å². The number of aromatic carboxylic acids is 1. The second-order valence-electron chi connectivity index (χ2n) is 6.46. The Morgan fingerprint density at radius 3 is 2.43 bits per heavy atom. The van der Waals surface area contributed by atoms with Crippen LogP contribution in [0.2, 0.25) is 5.02 Å². The maximum Gasteiger partial charge on any atom is 0.335 e. The van der Waals surface area contributed by atoms with Gasteiger partial charge in [-0.3, -0.25) is 9.20 Å². The van der Waals surface area contributed by atoms with Crippen LogP contribution < -0.4 is 5.32 Å². The molecule has 0 aliphatic rings. The maximum absolute atomic E-state index is 12.5. The van der Waals surface area contributed by atoms with Gasteiger partial charge in [-0.15, -0.1) is 0 Å². The number of imidazole rings is 1. The number of nitrogens with one attached hydrogen (secondary N) is 1. The molecular weight excluding hydrogens is 408 g/mol. The lowest BCUT2D eigenvalue weighted by atomic mass is 10.1. The van der Waals surface area contributed by atoms with Crippen molar-refractivity contribution in [2.75, 3.05) is 0 Å². The highest BCUT2D eigenvalue weighted by atomic mass is 35.5. The second kappa shape index (κ2) is 8.26. The van der Waals surface area contributed by atoms with Gasteiger partial charge in [0.15, 0.2) is 0 Å². The monoisotopic (exact) mass is 422 g/mol. The van der Waals surface area contributed by atoms with Crippen molar-refractivity contribution in [2.45, 2.75) is 13.0 Å². The predicted molar refractivity (Wildman–Crippen MR) is 107 cm³/mol. The zero-order valence-corrected chi connectivity index (χ0v) is 16.2. The largest absolute Gasteiger partial charge is 0.478 e. The molecule has 0 atom stereocenters. The van der Waals surface area contributed by atoms with Gasteiger partial charge in [0.25, 0.3) is 5.91 Å². The van der Waals surface area contributed by atoms with Crippen LogP contribution in [-0.4, -0.2) is 41.3 Å². The van der Waals surface area contributed by atoms with Gasteiger partial charge in [0, 0.05) is 37.5 Å². The Morgan fingerprint density at radius 1 is 1.00 bits per heavy atom. The Hall–Kier alpha value is -3.85. The van der Waals surface area contributed by atoms with Gasteiger partial charge >= 0.3 is 5.97 Å². The molecule has 30 heavy (non-hydrogen) atoms. The summed E-state index contributed by atoms with van der Waals surface area (Å²) in [7, 11) is 0. The molecule has 2 N–H and O–H groups in total. The zero-order chi connectivity index (χ0) is 21.1. The van der Waals surface area contributed by atoms with Crippen molar-refractivity contribution in [1.29, 1.82) is 0 Å². The number of aromatic nitrogens is 5. The van der Waals surface area contributed by atoms with E-state index in [9.17, 15) is 9.59 Å². The van der Waals surface area contributed by atoms with Crippen molar-refractivity contribution < 1.29 is 14.7 Å². The van der Waals surface area contributed by atoms with Crippen LogP contribution in [0.1, 0.15) is 37.8 Å². The van der Waals surface area contributed by atoms with E-state index in [4.69, 9.17) is 16.7 Å². The number of hydrogen-bond acceptors (Lipinski definition) is 6. The van der Waals surface area contributed by atoms with E-state index in [1.54, 1.807) is 28.9 Å². The number of carbonyl (C=O) groups is 2. The lowest BCUT2D eigenvalue weighted by molar-refractivity contribution is 0.0696. The molecule has 4 rings (SSSR count). The molecule has 0 radical (unpaired) electrons. The third kappa shape index (κ3) is 4.41. The molecule has 10 heteroatoms. The van der Waals surface area contributed by atoms with Crippen molar-refractivity contribution in [1.82, 2.24) is 29.7 Å². The number of carbonyl (C=O) groups excluding carboxylic acids is 1. The molecule has 1 aromatic carbocycles. The van der Waals surface area contributed by atoms with E-state index in [-0.39, 0.29) is 18.0 Å². The number of hydrogen-bond donors (Lipinski definition) is 2. The Kier molecular flexibility index (Phi) is 5.36. The quantitative estimate of drug-likeness (QED) is 0.489. The summed E-state index contributed by atoms with van der Waals surface area (Å²) in [5, 5.41) is 12.2. The van der Waals surface area contributed by atoms with Gasteiger partial charge in [-0.05, 0) is 17.7 Å². The van der Waals surface area contributed by atoms with Crippen molar-refractivity contribution >= 4 is 29.3 Å². The van der Waals surface area contributed by atoms with Gasteiger partial charge in [0.1, 0.15) is 5.82 Å². The fraction of sp³-hybridized carbons (Fsp3) is 0.100. The number of halogens is 1. The molecule has 0 aliphatic carbocycles. The first kappa shape index (κ1) is 19.5. The van der Waals surface area contributed by atoms with Crippen molar-refractivity contribution in [2.24, 2.45) is 0 Å². The molecule has 0 spiro atoms. The number of carboxylic acid groups (broad SMARTS) is 1. The molecule has 0 saturated carbocycles. The van der Waals surface area contributed by atoms with E-state index in [0.717, 1.165) is 5.56 Å². The number of carboxylic acids is 1. The average molecular weight is 423 g/mol. The highest BCUT2D eigenvalue weighted by Gasteiger charge is 2.11. The van der Waals surface area contributed by atoms with E-state index in [1.807, 2.05) is 0 Å². The molecule has 1 amide bonds. The van der Waals surface area contributed by atoms with Crippen LogP contribution in [0.25, 0.3) is 5.78 Å². The van der Waals surface area contributed by atoms with Crippen molar-refractivity contribution in [3.8, 4) is 0 Å². The van der Waals surface area contributed by atoms with E-state index in [1.165, 1.54) is 30.7 Å². The summed E-state index contributed by atoms with van der Waals surface area (Å²) < 4.78 is 1.67. The van der Waals surface area contributed by atoms with Crippen LogP contribution in [-0.2, 0) is 13.0 Å². The minimum atomic E-state index is -0.993. The Morgan fingerprint density at radius 2 is 1.73 bits per heavy atom. The zero-order valence-electron chi connectivity index (χ0n) is 15.5. The van der Waals surface area contributed by atoms with Crippen LogP contribution >= 0.6 is 11.6 Å². The van der Waals surface area contributed by atoms with E-state index < -0.39 is 5.97 Å². The van der Waals surface area contributed by atoms with Crippen molar-refractivity contribution in [3.63, 3.8) is 0 Å². The Labute approximate surface area is 175 Å². The summed E-state index contributed by atoms with van der Waals surface area (Å²) in [6.07, 6.45) is 8.32. The first-order valence-corrected chi connectivity index (χ1v) is 9.26. The molecule has 9 nitrogen and oxygen atoms in total. The smallest absolute Gasteiger partial charge is 0.335 e. The van der Waals surface area contributed by atoms with Gasteiger partial charge in [-0.2, -0.15) is 0 Å². The number of nitrogens with zero attached hydrogens (tertiary/aromatic N) is 5. The molecule has 3 heterocycles. The number of fused-ring (bicyclic) bond motifs is 1. The SMILES string of the molecule is O=C(O)c1ccc(CNC(=O)c2cnc3nc(Cc4ncc(Cl)cn4)cn3c2)cc1. The van der Waals surface area contributed by atoms with E-state index in [0.29, 0.717) is 34.3 Å². The summed E-state index contributed by atoms with van der Waals surface area (Å²) in [4.78, 5) is 40.3. The highest BCUT2D eigenvalue weighted by Crippen LogP contribution is 2.10. The lowest BCUT2D eigenvalue weighted by Crippen LogP contribution is -2.23. The molecule has 0 bridgehead atoms. The third-order valence-electron chi connectivity index (χ3n) is 4.29. The van der Waals surface area contributed by atoms with Gasteiger partial charge in [-0.1, -0.05) is 23.7 Å². The molecule has 0 fully saturated rings. The first-order valence-electron chi connectivity index (χ1n) is 8.88. The predicted octanol–water partition coefficient (Wildman–Crippen LogP) is 2.39. The number of amides is 1. The summed E-state index contributed by atoms with van der Waals surface area (Å²) in [5.41, 5.74) is 2.06. The Bertz CT molecular complexity index is 1220. The molecule has 4 aromatic rings. The fourth-order valence-corrected chi connectivity index (χ4v) is 2.88. The Balaban J connectivity index is 1.44. The van der Waals surface area contributed by atoms with Crippen LogP contribution in [0, 0.1) is 0 Å². The topological polar surface area (TPSA) is 122 Å². The second-order valence-corrected chi connectivity index (χ2v) is 6.90. The van der Waals surface area contributed by atoms with E-state index in [2.05, 4.69) is 25.3 Å². The molecule has 0 aliphatic heterocycles. The van der Waals surface area contributed by atoms with Gasteiger partial charge in [0.2, 0.25) is 5.78 Å². The lowest BCUT2D eigenvalue weighted by Gasteiger charge is -2.06. The van der Waals surface area contributed by atoms with Crippen molar-refractivity contribution in [3.05, 3.63) is 88.5 Å². The molecule has 150 valence electrons. The van der Waals surface area contributed by atoms with Crippen LogP contribution in [0.4, 0.5) is 0 Å². The summed E-state index contributed by atoms with van der Waals surface area (Å²) in [5.74, 6) is -0.259. The van der Waals surface area contributed by atoms with Crippen LogP contribution in [0.15, 0.2) is 55.2 Å².